The molecule has 150 valence electrons. The van der Waals surface area contributed by atoms with Crippen molar-refractivity contribution in [3.05, 3.63) is 18.0 Å². The second-order valence-corrected chi connectivity index (χ2v) is 8.30. The van der Waals surface area contributed by atoms with Crippen molar-refractivity contribution in [2.24, 2.45) is 5.92 Å². The Kier molecular flexibility index (Phi) is 7.46. The maximum Gasteiger partial charge on any atom is 0.257 e. The Labute approximate surface area is 166 Å². The number of thioether (sulfide) groups is 1. The first-order chi connectivity index (χ1) is 13.1. The number of nitrogens with zero attached hydrogens (tertiary/aromatic N) is 5. The fraction of sp³-hybridized carbons (Fsp3) is 0.737. The van der Waals surface area contributed by atoms with E-state index < -0.39 is 0 Å². The molecular formula is C19H31N5O2S. The van der Waals surface area contributed by atoms with Crippen molar-refractivity contribution in [2.45, 2.75) is 30.5 Å². The predicted molar refractivity (Wildman–Crippen MR) is 107 cm³/mol. The second kappa shape index (κ2) is 9.82. The summed E-state index contributed by atoms with van der Waals surface area (Å²) in [4.78, 5) is 28.3. The van der Waals surface area contributed by atoms with Gasteiger partial charge in [0.05, 0.1) is 5.56 Å². The van der Waals surface area contributed by atoms with E-state index in [-0.39, 0.29) is 12.5 Å². The standard InChI is InChI=1S/C19H31N5O2S/c1-22-7-9-23(10-8-22)17-5-6-24(14-15(17)4-3-11-25)18(26)16-12-20-19(27-2)21-13-16/h12-13,15,17,25H,3-11,14H2,1-2H3/t15-,17+/m1/s1. The highest BCUT2D eigenvalue weighted by Gasteiger charge is 2.35. The molecule has 27 heavy (non-hydrogen) atoms. The first-order valence-electron chi connectivity index (χ1n) is 9.81. The number of aliphatic hydroxyl groups excluding tert-OH is 1. The fourth-order valence-corrected chi connectivity index (χ4v) is 4.51. The first-order valence-corrected chi connectivity index (χ1v) is 11.0. The molecule has 2 atom stereocenters. The monoisotopic (exact) mass is 393 g/mol. The zero-order valence-electron chi connectivity index (χ0n) is 16.4. The van der Waals surface area contributed by atoms with Crippen LogP contribution in [0.2, 0.25) is 0 Å². The van der Waals surface area contributed by atoms with Crippen LogP contribution in [0.5, 0.6) is 0 Å². The normalized spacial score (nSPS) is 24.9. The Morgan fingerprint density at radius 3 is 2.56 bits per heavy atom. The summed E-state index contributed by atoms with van der Waals surface area (Å²) >= 11 is 1.47. The molecule has 0 radical (unpaired) electrons. The smallest absolute Gasteiger partial charge is 0.257 e. The lowest BCUT2D eigenvalue weighted by molar-refractivity contribution is 0.0217. The summed E-state index contributed by atoms with van der Waals surface area (Å²) in [5, 5.41) is 9.99. The fourth-order valence-electron chi connectivity index (χ4n) is 4.19. The third kappa shape index (κ3) is 5.19. The number of carbonyl (C=O) groups excluding carboxylic acids is 1. The van der Waals surface area contributed by atoms with Gasteiger partial charge >= 0.3 is 0 Å². The lowest BCUT2D eigenvalue weighted by Gasteiger charge is -2.46. The van der Waals surface area contributed by atoms with Crippen LogP contribution in [-0.2, 0) is 0 Å². The summed E-state index contributed by atoms with van der Waals surface area (Å²) in [6.45, 7) is 6.12. The van der Waals surface area contributed by atoms with Gasteiger partial charge in [0.2, 0.25) is 0 Å². The summed E-state index contributed by atoms with van der Waals surface area (Å²) < 4.78 is 0. The van der Waals surface area contributed by atoms with E-state index in [4.69, 9.17) is 0 Å². The SMILES string of the molecule is CSc1ncc(C(=O)N2CC[C@H](N3CCN(C)CC3)[C@H](CCCO)C2)cn1. The van der Waals surface area contributed by atoms with Crippen molar-refractivity contribution in [1.82, 2.24) is 24.7 Å². The Balaban J connectivity index is 1.66. The van der Waals surface area contributed by atoms with Crippen molar-refractivity contribution in [2.75, 3.05) is 59.2 Å². The molecule has 2 aliphatic rings. The van der Waals surface area contributed by atoms with Crippen molar-refractivity contribution in [3.8, 4) is 0 Å². The molecule has 2 fully saturated rings. The van der Waals surface area contributed by atoms with Crippen LogP contribution in [0.15, 0.2) is 17.6 Å². The van der Waals surface area contributed by atoms with Gasteiger partial charge in [-0.25, -0.2) is 9.97 Å². The minimum Gasteiger partial charge on any atom is -0.396 e. The van der Waals surface area contributed by atoms with E-state index in [0.717, 1.165) is 58.5 Å². The van der Waals surface area contributed by atoms with E-state index in [0.29, 0.717) is 22.7 Å². The second-order valence-electron chi connectivity index (χ2n) is 7.53. The van der Waals surface area contributed by atoms with E-state index in [1.807, 2.05) is 11.2 Å². The van der Waals surface area contributed by atoms with Gasteiger partial charge in [-0.1, -0.05) is 11.8 Å². The van der Waals surface area contributed by atoms with Crippen molar-refractivity contribution in [3.63, 3.8) is 0 Å². The van der Waals surface area contributed by atoms with Gasteiger partial charge in [-0.15, -0.1) is 0 Å². The highest BCUT2D eigenvalue weighted by molar-refractivity contribution is 7.98. The molecule has 3 rings (SSSR count). The Bertz CT molecular complexity index is 607. The molecule has 0 bridgehead atoms. The molecule has 0 unspecified atom stereocenters. The quantitative estimate of drug-likeness (QED) is 0.572. The minimum atomic E-state index is 0.0217. The molecule has 0 aliphatic carbocycles. The number of hydrogen-bond acceptors (Lipinski definition) is 7. The van der Waals surface area contributed by atoms with E-state index in [9.17, 15) is 9.90 Å². The summed E-state index contributed by atoms with van der Waals surface area (Å²) in [5.74, 6) is 0.429. The minimum absolute atomic E-state index is 0.0217. The Hall–Kier alpha value is -1.22. The van der Waals surface area contributed by atoms with Crippen LogP contribution in [-0.4, -0.2) is 101 Å². The maximum atomic E-state index is 12.9. The Morgan fingerprint density at radius 1 is 1.22 bits per heavy atom. The largest absolute Gasteiger partial charge is 0.396 e. The van der Waals surface area contributed by atoms with Gasteiger partial charge in [-0.2, -0.15) is 0 Å². The molecule has 0 saturated carbocycles. The average Bonchev–Trinajstić information content (AvgIpc) is 2.72. The van der Waals surface area contributed by atoms with E-state index in [2.05, 4.69) is 26.8 Å². The van der Waals surface area contributed by atoms with Gasteiger partial charge in [0.15, 0.2) is 5.16 Å². The summed E-state index contributed by atoms with van der Waals surface area (Å²) in [5.41, 5.74) is 0.562. The summed E-state index contributed by atoms with van der Waals surface area (Å²) in [6.07, 6.45) is 7.94. The number of rotatable bonds is 6. The van der Waals surface area contributed by atoms with Gasteiger partial charge in [-0.05, 0) is 38.5 Å². The molecular weight excluding hydrogens is 362 g/mol. The van der Waals surface area contributed by atoms with Gasteiger partial charge in [-0.3, -0.25) is 9.69 Å². The number of likely N-dealkylation sites (tertiary alicyclic amines) is 1. The number of aliphatic hydroxyl groups is 1. The topological polar surface area (TPSA) is 72.8 Å². The third-order valence-corrected chi connectivity index (χ3v) is 6.35. The number of carbonyl (C=O) groups is 1. The molecule has 8 heteroatoms. The van der Waals surface area contributed by atoms with E-state index >= 15 is 0 Å². The molecule has 3 heterocycles. The molecule has 1 amide bonds. The van der Waals surface area contributed by atoms with Crippen molar-refractivity contribution < 1.29 is 9.90 Å². The maximum absolute atomic E-state index is 12.9. The van der Waals surface area contributed by atoms with Crippen LogP contribution in [0, 0.1) is 5.92 Å². The summed E-state index contributed by atoms with van der Waals surface area (Å²) in [6, 6.07) is 0.504. The van der Waals surface area contributed by atoms with Crippen LogP contribution >= 0.6 is 11.8 Å². The van der Waals surface area contributed by atoms with E-state index in [1.165, 1.54) is 11.8 Å². The van der Waals surface area contributed by atoms with Crippen LogP contribution in [0.1, 0.15) is 29.6 Å². The van der Waals surface area contributed by atoms with Gasteiger partial charge < -0.3 is 14.9 Å². The molecule has 1 aromatic heterocycles. The highest BCUT2D eigenvalue weighted by atomic mass is 32.2. The molecule has 0 aromatic carbocycles. The average molecular weight is 394 g/mol. The number of piperazine rings is 1. The van der Waals surface area contributed by atoms with Gasteiger partial charge in [0, 0.05) is 64.3 Å². The lowest BCUT2D eigenvalue weighted by Crippen LogP contribution is -2.56. The van der Waals surface area contributed by atoms with Crippen molar-refractivity contribution >= 4 is 17.7 Å². The van der Waals surface area contributed by atoms with E-state index in [1.54, 1.807) is 12.4 Å². The number of hydrogen-bond donors (Lipinski definition) is 1. The number of aromatic nitrogens is 2. The third-order valence-electron chi connectivity index (χ3n) is 5.78. The highest BCUT2D eigenvalue weighted by Crippen LogP contribution is 2.28. The Morgan fingerprint density at radius 2 is 1.93 bits per heavy atom. The molecule has 2 aliphatic heterocycles. The predicted octanol–water partition coefficient (Wildman–Crippen LogP) is 1.05. The van der Waals surface area contributed by atoms with Crippen LogP contribution in [0.3, 0.4) is 0 Å². The number of amides is 1. The molecule has 2 saturated heterocycles. The zero-order chi connectivity index (χ0) is 19.2. The van der Waals surface area contributed by atoms with Crippen molar-refractivity contribution in [1.29, 1.82) is 0 Å². The first kappa shape index (κ1) is 20.5. The number of piperidine rings is 1. The van der Waals surface area contributed by atoms with Crippen LogP contribution in [0.25, 0.3) is 0 Å². The van der Waals surface area contributed by atoms with Crippen LogP contribution < -0.4 is 0 Å². The number of likely N-dealkylation sites (N-methyl/N-ethyl adjacent to an activating group) is 1. The van der Waals surface area contributed by atoms with Gasteiger partial charge in [0.1, 0.15) is 0 Å². The lowest BCUT2D eigenvalue weighted by atomic mass is 9.86. The summed E-state index contributed by atoms with van der Waals surface area (Å²) in [7, 11) is 2.17. The molecule has 0 spiro atoms. The zero-order valence-corrected chi connectivity index (χ0v) is 17.2. The molecule has 1 aromatic rings. The van der Waals surface area contributed by atoms with Gasteiger partial charge in [0.25, 0.3) is 5.91 Å². The van der Waals surface area contributed by atoms with Crippen LogP contribution in [0.4, 0.5) is 0 Å². The molecule has 1 N–H and O–H groups in total. The molecule has 7 nitrogen and oxygen atoms in total.